The Kier molecular flexibility index (Phi) is 4.09. The van der Waals surface area contributed by atoms with Crippen molar-refractivity contribution in [3.63, 3.8) is 0 Å². The number of hydrazine groups is 1. The van der Waals surface area contributed by atoms with Crippen molar-refractivity contribution >= 4 is 5.82 Å². The minimum absolute atomic E-state index is 0.122. The van der Waals surface area contributed by atoms with Crippen molar-refractivity contribution < 1.29 is 9.13 Å². The van der Waals surface area contributed by atoms with E-state index in [0.717, 1.165) is 5.56 Å². The summed E-state index contributed by atoms with van der Waals surface area (Å²) in [7, 11) is 0. The number of halogens is 1. The van der Waals surface area contributed by atoms with Gasteiger partial charge in [-0.1, -0.05) is 26.8 Å². The summed E-state index contributed by atoms with van der Waals surface area (Å²) in [6, 6.07) is 6.18. The first kappa shape index (κ1) is 15.2. The van der Waals surface area contributed by atoms with E-state index >= 15 is 0 Å². The van der Waals surface area contributed by atoms with Crippen LogP contribution in [0.15, 0.2) is 24.3 Å². The molecule has 0 aliphatic carbocycles. The summed E-state index contributed by atoms with van der Waals surface area (Å²) in [5.41, 5.74) is 3.08. The first-order valence-corrected chi connectivity index (χ1v) is 6.60. The Morgan fingerprint density at radius 3 is 2.52 bits per heavy atom. The van der Waals surface area contributed by atoms with Crippen LogP contribution in [0.2, 0.25) is 0 Å². The van der Waals surface area contributed by atoms with Crippen molar-refractivity contribution in [3.8, 4) is 11.6 Å². The van der Waals surface area contributed by atoms with E-state index in [0.29, 0.717) is 11.6 Å². The highest BCUT2D eigenvalue weighted by Gasteiger charge is 2.20. The first-order valence-electron chi connectivity index (χ1n) is 6.60. The molecule has 0 saturated carbocycles. The minimum Gasteiger partial charge on any atom is -0.436 e. The van der Waals surface area contributed by atoms with Gasteiger partial charge in [-0.05, 0) is 24.6 Å². The number of rotatable bonds is 3. The molecule has 0 bridgehead atoms. The molecule has 0 atom stereocenters. The number of anilines is 1. The molecular formula is C15H19FN4O. The number of nitrogens with two attached hydrogens (primary N) is 1. The van der Waals surface area contributed by atoms with Gasteiger partial charge in [0.1, 0.15) is 11.6 Å². The van der Waals surface area contributed by atoms with E-state index in [9.17, 15) is 4.39 Å². The quantitative estimate of drug-likeness (QED) is 0.670. The van der Waals surface area contributed by atoms with Crippen molar-refractivity contribution in [2.75, 3.05) is 5.43 Å². The third-order valence-electron chi connectivity index (χ3n) is 2.82. The maximum absolute atomic E-state index is 13.8. The third kappa shape index (κ3) is 3.66. The molecule has 0 unspecified atom stereocenters. The molecule has 0 aliphatic heterocycles. The molecule has 0 spiro atoms. The number of hydrogen-bond acceptors (Lipinski definition) is 5. The van der Waals surface area contributed by atoms with E-state index in [1.54, 1.807) is 12.1 Å². The Bertz CT molecular complexity index is 653. The van der Waals surface area contributed by atoms with Gasteiger partial charge in [0, 0.05) is 11.5 Å². The summed E-state index contributed by atoms with van der Waals surface area (Å²) < 4.78 is 19.3. The molecule has 2 rings (SSSR count). The number of nitrogens with zero attached hydrogens (tertiary/aromatic N) is 2. The lowest BCUT2D eigenvalue weighted by Gasteiger charge is -2.18. The number of hydrogen-bond donors (Lipinski definition) is 2. The molecule has 112 valence electrons. The average Bonchev–Trinajstić information content (AvgIpc) is 2.41. The van der Waals surface area contributed by atoms with Gasteiger partial charge >= 0.3 is 0 Å². The normalized spacial score (nSPS) is 11.3. The number of nitrogen functional groups attached to an aromatic ring is 1. The molecule has 2 aromatic rings. The van der Waals surface area contributed by atoms with E-state index in [2.05, 4.69) is 15.4 Å². The maximum atomic E-state index is 13.8. The monoisotopic (exact) mass is 290 g/mol. The van der Waals surface area contributed by atoms with E-state index in [-0.39, 0.29) is 17.0 Å². The maximum Gasteiger partial charge on any atom is 0.224 e. The van der Waals surface area contributed by atoms with Crippen LogP contribution in [0.25, 0.3) is 0 Å². The highest BCUT2D eigenvalue weighted by Crippen LogP contribution is 2.28. The molecule has 21 heavy (non-hydrogen) atoms. The second-order valence-electron chi connectivity index (χ2n) is 5.85. The summed E-state index contributed by atoms with van der Waals surface area (Å²) in [5, 5.41) is 0. The van der Waals surface area contributed by atoms with E-state index in [1.807, 2.05) is 27.7 Å². The molecule has 0 saturated heterocycles. The molecule has 0 aliphatic rings. The number of nitrogens with one attached hydrogen (secondary N) is 1. The lowest BCUT2D eigenvalue weighted by atomic mass is 9.96. The Hall–Kier alpha value is -2.21. The molecule has 0 amide bonds. The Morgan fingerprint density at radius 2 is 1.90 bits per heavy atom. The lowest BCUT2D eigenvalue weighted by Crippen LogP contribution is -2.19. The zero-order chi connectivity index (χ0) is 15.6. The molecule has 0 fully saturated rings. The van der Waals surface area contributed by atoms with Crippen molar-refractivity contribution in [2.24, 2.45) is 5.84 Å². The smallest absolute Gasteiger partial charge is 0.224 e. The van der Waals surface area contributed by atoms with Crippen LogP contribution in [-0.2, 0) is 5.41 Å². The zero-order valence-electron chi connectivity index (χ0n) is 12.6. The van der Waals surface area contributed by atoms with Gasteiger partial charge in [-0.2, -0.15) is 4.98 Å². The fourth-order valence-corrected chi connectivity index (χ4v) is 1.69. The summed E-state index contributed by atoms with van der Waals surface area (Å²) in [6.45, 7) is 7.78. The highest BCUT2D eigenvalue weighted by molar-refractivity contribution is 5.40. The van der Waals surface area contributed by atoms with Crippen LogP contribution in [0.3, 0.4) is 0 Å². The van der Waals surface area contributed by atoms with Crippen LogP contribution in [0.5, 0.6) is 11.6 Å². The number of aromatic nitrogens is 2. The van der Waals surface area contributed by atoms with Crippen LogP contribution in [0.4, 0.5) is 10.2 Å². The van der Waals surface area contributed by atoms with Crippen LogP contribution < -0.4 is 16.0 Å². The van der Waals surface area contributed by atoms with Crippen LogP contribution in [-0.4, -0.2) is 9.97 Å². The second kappa shape index (κ2) is 5.65. The summed E-state index contributed by atoms with van der Waals surface area (Å²) in [5.74, 6) is 6.30. The van der Waals surface area contributed by atoms with Crippen LogP contribution >= 0.6 is 0 Å². The van der Waals surface area contributed by atoms with Crippen molar-refractivity contribution in [1.82, 2.24) is 9.97 Å². The first-order chi connectivity index (χ1) is 9.79. The molecule has 1 aromatic carbocycles. The number of aryl methyl sites for hydroxylation is 1. The van der Waals surface area contributed by atoms with Crippen molar-refractivity contribution in [1.29, 1.82) is 0 Å². The molecule has 1 aromatic heterocycles. The van der Waals surface area contributed by atoms with Gasteiger partial charge in [-0.25, -0.2) is 15.2 Å². The van der Waals surface area contributed by atoms with Gasteiger partial charge in [0.05, 0.1) is 0 Å². The van der Waals surface area contributed by atoms with E-state index < -0.39 is 5.82 Å². The molecule has 0 radical (unpaired) electrons. The van der Waals surface area contributed by atoms with Gasteiger partial charge in [0.25, 0.3) is 0 Å². The van der Waals surface area contributed by atoms with E-state index in [1.165, 1.54) is 12.1 Å². The predicted octanol–water partition coefficient (Wildman–Crippen LogP) is 3.30. The fourth-order valence-electron chi connectivity index (χ4n) is 1.69. The zero-order valence-corrected chi connectivity index (χ0v) is 12.6. The topological polar surface area (TPSA) is 73.1 Å². The molecule has 1 heterocycles. The predicted molar refractivity (Wildman–Crippen MR) is 79.8 cm³/mol. The third-order valence-corrected chi connectivity index (χ3v) is 2.82. The second-order valence-corrected chi connectivity index (χ2v) is 5.85. The molecule has 3 N–H and O–H groups in total. The highest BCUT2D eigenvalue weighted by atomic mass is 19.1. The summed E-state index contributed by atoms with van der Waals surface area (Å²) >= 11 is 0. The number of ether oxygens (including phenoxy) is 1. The minimum atomic E-state index is -0.446. The van der Waals surface area contributed by atoms with Gasteiger partial charge in [0.15, 0.2) is 11.6 Å². The van der Waals surface area contributed by atoms with Crippen molar-refractivity contribution in [2.45, 2.75) is 33.1 Å². The van der Waals surface area contributed by atoms with Gasteiger partial charge in [0.2, 0.25) is 5.88 Å². The van der Waals surface area contributed by atoms with Gasteiger partial charge < -0.3 is 10.2 Å². The number of benzene rings is 1. The fraction of sp³-hybridized carbons (Fsp3) is 0.333. The largest absolute Gasteiger partial charge is 0.436 e. The Balaban J connectivity index is 2.42. The Labute approximate surface area is 123 Å². The summed E-state index contributed by atoms with van der Waals surface area (Å²) in [6.07, 6.45) is 0. The SMILES string of the molecule is Cc1ccc(F)c(Oc2cc(NN)nc(C(C)(C)C)n2)c1. The molecule has 6 heteroatoms. The van der Waals surface area contributed by atoms with Gasteiger partial charge in [-0.3, -0.25) is 0 Å². The lowest BCUT2D eigenvalue weighted by molar-refractivity contribution is 0.417. The van der Waals surface area contributed by atoms with Crippen molar-refractivity contribution in [3.05, 3.63) is 41.5 Å². The standard InChI is InChI=1S/C15H19FN4O/c1-9-5-6-10(16)11(7-9)21-13-8-12(20-17)18-14(19-13)15(2,3)4/h5-8H,17H2,1-4H3,(H,18,19,20). The van der Waals surface area contributed by atoms with Crippen LogP contribution in [0.1, 0.15) is 32.2 Å². The summed E-state index contributed by atoms with van der Waals surface area (Å²) in [4.78, 5) is 8.61. The average molecular weight is 290 g/mol. The molecular weight excluding hydrogens is 271 g/mol. The van der Waals surface area contributed by atoms with E-state index in [4.69, 9.17) is 10.6 Å². The van der Waals surface area contributed by atoms with Gasteiger partial charge in [-0.15, -0.1) is 0 Å². The van der Waals surface area contributed by atoms with Crippen LogP contribution in [0, 0.1) is 12.7 Å². The Morgan fingerprint density at radius 1 is 1.19 bits per heavy atom. The molecule has 5 nitrogen and oxygen atoms in total.